The summed E-state index contributed by atoms with van der Waals surface area (Å²) in [7, 11) is 2.64. The van der Waals surface area contributed by atoms with Crippen LogP contribution in [0.15, 0.2) is 35.0 Å². The second-order valence-corrected chi connectivity index (χ2v) is 6.38. The van der Waals surface area contributed by atoms with Gasteiger partial charge in [-0.3, -0.25) is 9.59 Å². The van der Waals surface area contributed by atoms with Crippen LogP contribution in [0, 0.1) is 0 Å². The van der Waals surface area contributed by atoms with Gasteiger partial charge in [-0.2, -0.15) is 0 Å². The maximum absolute atomic E-state index is 11.1. The number of aromatic hydroxyl groups is 1. The van der Waals surface area contributed by atoms with Crippen LogP contribution in [0.5, 0.6) is 5.75 Å². The number of hydrogen-bond acceptors (Lipinski definition) is 9. The van der Waals surface area contributed by atoms with Crippen LogP contribution in [0.25, 0.3) is 11.0 Å². The molecule has 160 valence electrons. The zero-order valence-corrected chi connectivity index (χ0v) is 18.7. The third-order valence-electron chi connectivity index (χ3n) is 3.10. The minimum absolute atomic E-state index is 0.145. The highest BCUT2D eigenvalue weighted by atomic mass is 79.9. The van der Waals surface area contributed by atoms with Gasteiger partial charge in [0.05, 0.1) is 32.2 Å². The minimum atomic E-state index is -0.516. The number of methoxy groups -OCH3 is 2. The predicted molar refractivity (Wildman–Crippen MR) is 112 cm³/mol. The predicted octanol–water partition coefficient (Wildman–Crippen LogP) is 4.08. The summed E-state index contributed by atoms with van der Waals surface area (Å²) in [6.45, 7) is 0. The third kappa shape index (κ3) is 7.97. The summed E-state index contributed by atoms with van der Waals surface area (Å²) in [5.74, 6) is -0.765. The Morgan fingerprint density at radius 2 is 1.77 bits per heavy atom. The number of alkyl halides is 1. The maximum Gasteiger partial charge on any atom is 0.373 e. The molecule has 0 fully saturated rings. The van der Waals surface area contributed by atoms with Crippen molar-refractivity contribution in [2.45, 2.75) is 0 Å². The number of carbonyl (C=O) groups is 3. The van der Waals surface area contributed by atoms with Crippen LogP contribution in [-0.2, 0) is 14.3 Å². The van der Waals surface area contributed by atoms with Gasteiger partial charge in [0, 0.05) is 5.39 Å². The van der Waals surface area contributed by atoms with E-state index in [9.17, 15) is 14.4 Å². The fourth-order valence-corrected chi connectivity index (χ4v) is 2.27. The first kappa shape index (κ1) is 25.3. The second-order valence-electron chi connectivity index (χ2n) is 5.04. The van der Waals surface area contributed by atoms with Crippen molar-refractivity contribution >= 4 is 68.3 Å². The van der Waals surface area contributed by atoms with E-state index in [1.807, 2.05) is 0 Å². The number of furan rings is 1. The molecule has 0 spiro atoms. The van der Waals surface area contributed by atoms with Crippen molar-refractivity contribution in [2.24, 2.45) is 0 Å². The average molecular weight is 522 g/mol. The van der Waals surface area contributed by atoms with E-state index in [1.54, 1.807) is 12.1 Å². The highest BCUT2D eigenvalue weighted by Crippen LogP contribution is 2.21. The van der Waals surface area contributed by atoms with Crippen LogP contribution in [0.1, 0.15) is 20.9 Å². The smallest absolute Gasteiger partial charge is 0.373 e. The fourth-order valence-electron chi connectivity index (χ4n) is 1.71. The summed E-state index contributed by atoms with van der Waals surface area (Å²) in [5.41, 5.74) is 0.662. The second kappa shape index (κ2) is 12.8. The number of esters is 2. The molecule has 0 aliphatic rings. The SMILES string of the molecule is COC(=O)CBr.COC(=O)c1cc2cc(Cl)ncc2o1.O=Cc1cc(Cl)ncc1O. The molecule has 0 unspecified atom stereocenters. The number of carbonyl (C=O) groups excluding carboxylic acids is 3. The molecular formula is C18H15BrCl2N2O7. The Labute approximate surface area is 189 Å². The molecule has 12 heteroatoms. The van der Waals surface area contributed by atoms with Crippen molar-refractivity contribution in [1.29, 1.82) is 0 Å². The van der Waals surface area contributed by atoms with E-state index in [-0.39, 0.29) is 33.5 Å². The highest BCUT2D eigenvalue weighted by Gasteiger charge is 2.12. The number of nitrogens with zero attached hydrogens (tertiary/aromatic N) is 2. The highest BCUT2D eigenvalue weighted by molar-refractivity contribution is 9.09. The normalized spacial score (nSPS) is 9.50. The Hall–Kier alpha value is -2.69. The molecule has 0 saturated carbocycles. The third-order valence-corrected chi connectivity index (χ3v) is 3.97. The van der Waals surface area contributed by atoms with Crippen molar-refractivity contribution < 1.29 is 33.4 Å². The van der Waals surface area contributed by atoms with Crippen molar-refractivity contribution in [3.8, 4) is 5.75 Å². The Balaban J connectivity index is 0.000000247. The summed E-state index contributed by atoms with van der Waals surface area (Å²) in [6, 6.07) is 4.48. The van der Waals surface area contributed by atoms with Gasteiger partial charge in [-0.1, -0.05) is 39.1 Å². The van der Waals surface area contributed by atoms with E-state index in [0.717, 1.165) is 11.6 Å². The van der Waals surface area contributed by atoms with E-state index in [2.05, 4.69) is 35.4 Å². The lowest BCUT2D eigenvalue weighted by atomic mass is 10.3. The van der Waals surface area contributed by atoms with Crippen LogP contribution in [-0.4, -0.2) is 52.8 Å². The zero-order valence-electron chi connectivity index (χ0n) is 15.6. The topological polar surface area (TPSA) is 129 Å². The number of halogens is 3. The van der Waals surface area contributed by atoms with Crippen LogP contribution in [0.2, 0.25) is 10.3 Å². The number of pyridine rings is 2. The van der Waals surface area contributed by atoms with Crippen LogP contribution >= 0.6 is 39.1 Å². The van der Waals surface area contributed by atoms with Crippen LogP contribution in [0.3, 0.4) is 0 Å². The maximum atomic E-state index is 11.1. The first-order chi connectivity index (χ1) is 14.2. The molecule has 0 amide bonds. The molecule has 3 aromatic heterocycles. The molecule has 3 aromatic rings. The van der Waals surface area contributed by atoms with Gasteiger partial charge < -0.3 is 19.0 Å². The Morgan fingerprint density at radius 1 is 1.13 bits per heavy atom. The Morgan fingerprint density at radius 3 is 2.27 bits per heavy atom. The number of hydrogen-bond donors (Lipinski definition) is 1. The molecule has 30 heavy (non-hydrogen) atoms. The summed E-state index contributed by atoms with van der Waals surface area (Å²) in [6.07, 6.45) is 3.11. The Kier molecular flexibility index (Phi) is 10.8. The molecule has 3 rings (SSSR count). The number of aromatic nitrogens is 2. The van der Waals surface area contributed by atoms with Gasteiger partial charge in [-0.25, -0.2) is 14.8 Å². The molecular weight excluding hydrogens is 507 g/mol. The quantitative estimate of drug-likeness (QED) is 0.234. The number of ether oxygens (including phenoxy) is 2. The lowest BCUT2D eigenvalue weighted by Crippen LogP contribution is -1.99. The van der Waals surface area contributed by atoms with E-state index in [1.165, 1.54) is 26.5 Å². The first-order valence-corrected chi connectivity index (χ1v) is 9.69. The van der Waals surface area contributed by atoms with Crippen LogP contribution in [0.4, 0.5) is 0 Å². The monoisotopic (exact) mass is 520 g/mol. The lowest BCUT2D eigenvalue weighted by Gasteiger charge is -1.94. The summed E-state index contributed by atoms with van der Waals surface area (Å²) in [4.78, 5) is 38.5. The van der Waals surface area contributed by atoms with Gasteiger partial charge in [0.1, 0.15) is 21.4 Å². The Bertz CT molecular complexity index is 1020. The lowest BCUT2D eigenvalue weighted by molar-refractivity contribution is -0.137. The zero-order chi connectivity index (χ0) is 22.7. The minimum Gasteiger partial charge on any atom is -0.506 e. The van der Waals surface area contributed by atoms with E-state index in [4.69, 9.17) is 32.7 Å². The number of fused-ring (bicyclic) bond motifs is 1. The number of aldehydes is 1. The van der Waals surface area contributed by atoms with Gasteiger partial charge in [-0.15, -0.1) is 0 Å². The fraction of sp³-hybridized carbons (Fsp3) is 0.167. The molecule has 0 aliphatic carbocycles. The van der Waals surface area contributed by atoms with Gasteiger partial charge in [0.2, 0.25) is 5.76 Å². The van der Waals surface area contributed by atoms with Gasteiger partial charge in [0.15, 0.2) is 11.9 Å². The summed E-state index contributed by atoms with van der Waals surface area (Å²) in [5, 5.41) is 10.4. The molecule has 0 saturated heterocycles. The van der Waals surface area contributed by atoms with Crippen molar-refractivity contribution in [3.05, 3.63) is 52.2 Å². The summed E-state index contributed by atoms with van der Waals surface area (Å²) >= 11 is 14.0. The molecule has 9 nitrogen and oxygen atoms in total. The standard InChI is InChI=1S/C9H6ClNO3.C6H4ClNO2.C3H5BrO2/c1-13-9(12)6-2-5-3-8(10)11-4-7(5)14-6;7-6-1-4(3-9)5(10)2-8-6;1-6-3(5)2-4/h2-4H,1H3;1-3,10H;2H2,1H3. The van der Waals surface area contributed by atoms with Crippen molar-refractivity contribution in [3.63, 3.8) is 0 Å². The van der Waals surface area contributed by atoms with Crippen LogP contribution < -0.4 is 0 Å². The first-order valence-electron chi connectivity index (χ1n) is 7.81. The molecule has 3 heterocycles. The molecule has 0 bridgehead atoms. The van der Waals surface area contributed by atoms with Crippen molar-refractivity contribution in [1.82, 2.24) is 9.97 Å². The molecule has 0 aromatic carbocycles. The molecule has 1 N–H and O–H groups in total. The van der Waals surface area contributed by atoms with Gasteiger partial charge >= 0.3 is 11.9 Å². The van der Waals surface area contributed by atoms with Gasteiger partial charge in [-0.05, 0) is 18.2 Å². The molecule has 0 aliphatic heterocycles. The van der Waals surface area contributed by atoms with E-state index in [0.29, 0.717) is 17.0 Å². The average Bonchev–Trinajstić information content (AvgIpc) is 3.18. The van der Waals surface area contributed by atoms with Crippen molar-refractivity contribution in [2.75, 3.05) is 19.5 Å². The molecule has 0 radical (unpaired) electrons. The largest absolute Gasteiger partial charge is 0.506 e. The van der Waals surface area contributed by atoms with E-state index < -0.39 is 5.97 Å². The van der Waals surface area contributed by atoms with E-state index >= 15 is 0 Å². The molecule has 0 atom stereocenters. The van der Waals surface area contributed by atoms with Gasteiger partial charge in [0.25, 0.3) is 0 Å². The number of rotatable bonds is 3. The summed E-state index contributed by atoms with van der Waals surface area (Å²) < 4.78 is 13.9.